The monoisotopic (exact) mass is 217 g/mol. The highest BCUT2D eigenvalue weighted by molar-refractivity contribution is 5.16. The van der Waals surface area contributed by atoms with Gasteiger partial charge in [-0.25, -0.2) is 0 Å². The second kappa shape index (κ2) is 4.19. The molecule has 1 aliphatic carbocycles. The molecule has 1 aromatic rings. The van der Waals surface area contributed by atoms with Gasteiger partial charge < -0.3 is 4.74 Å². The fraction of sp³-hybridized carbons (Fsp3) is 0.571. The molecule has 0 N–H and O–H groups in total. The van der Waals surface area contributed by atoms with Crippen LogP contribution in [0.15, 0.2) is 30.3 Å². The second-order valence-corrected chi connectivity index (χ2v) is 4.99. The smallest absolute Gasteiger partial charge is 0.0593 e. The third-order valence-corrected chi connectivity index (χ3v) is 3.93. The first kappa shape index (κ1) is 10.3. The summed E-state index contributed by atoms with van der Waals surface area (Å²) in [5, 5.41) is 0. The molecule has 0 bridgehead atoms. The van der Waals surface area contributed by atoms with E-state index < -0.39 is 0 Å². The number of hydrogen-bond acceptors (Lipinski definition) is 2. The maximum atomic E-state index is 5.60. The van der Waals surface area contributed by atoms with Gasteiger partial charge in [0, 0.05) is 25.2 Å². The lowest BCUT2D eigenvalue weighted by atomic mass is 10.1. The molecule has 2 heteroatoms. The fourth-order valence-electron chi connectivity index (χ4n) is 2.70. The highest BCUT2D eigenvalue weighted by Gasteiger charge is 2.47. The molecule has 2 nitrogen and oxygen atoms in total. The van der Waals surface area contributed by atoms with Gasteiger partial charge in [0.05, 0.1) is 6.61 Å². The van der Waals surface area contributed by atoms with Crippen LogP contribution < -0.4 is 0 Å². The standard InChI is InChI=1S/C14H19NO/c1-2-4-13(5-3-1)12-15-9-11-16-10-8-14(15)6-7-14/h1-5H,6-12H2. The van der Waals surface area contributed by atoms with Gasteiger partial charge in [0.25, 0.3) is 0 Å². The second-order valence-electron chi connectivity index (χ2n) is 4.99. The molecule has 1 heterocycles. The first-order chi connectivity index (χ1) is 7.89. The lowest BCUT2D eigenvalue weighted by Gasteiger charge is -2.29. The van der Waals surface area contributed by atoms with Gasteiger partial charge in [0.1, 0.15) is 0 Å². The zero-order chi connectivity index (χ0) is 10.8. The van der Waals surface area contributed by atoms with Crippen LogP contribution in [0.3, 0.4) is 0 Å². The Morgan fingerprint density at radius 3 is 2.62 bits per heavy atom. The van der Waals surface area contributed by atoms with Crippen LogP contribution in [-0.4, -0.2) is 30.2 Å². The van der Waals surface area contributed by atoms with Crippen molar-refractivity contribution in [1.82, 2.24) is 4.90 Å². The molecular formula is C14H19NO. The quantitative estimate of drug-likeness (QED) is 0.754. The molecule has 0 unspecified atom stereocenters. The van der Waals surface area contributed by atoms with Crippen molar-refractivity contribution in [1.29, 1.82) is 0 Å². The summed E-state index contributed by atoms with van der Waals surface area (Å²) in [6.45, 7) is 4.03. The molecule has 3 rings (SSSR count). The Morgan fingerprint density at radius 2 is 1.88 bits per heavy atom. The van der Waals surface area contributed by atoms with Crippen molar-refractivity contribution in [2.75, 3.05) is 19.8 Å². The molecule has 2 fully saturated rings. The van der Waals surface area contributed by atoms with Gasteiger partial charge in [-0.1, -0.05) is 30.3 Å². The highest BCUT2D eigenvalue weighted by atomic mass is 16.5. The van der Waals surface area contributed by atoms with E-state index in [0.29, 0.717) is 5.54 Å². The van der Waals surface area contributed by atoms with Crippen LogP contribution in [0, 0.1) is 0 Å². The molecule has 1 saturated heterocycles. The fourth-order valence-corrected chi connectivity index (χ4v) is 2.70. The largest absolute Gasteiger partial charge is 0.380 e. The van der Waals surface area contributed by atoms with Crippen molar-refractivity contribution in [2.24, 2.45) is 0 Å². The van der Waals surface area contributed by atoms with Crippen LogP contribution in [0.5, 0.6) is 0 Å². The third-order valence-electron chi connectivity index (χ3n) is 3.93. The zero-order valence-electron chi connectivity index (χ0n) is 9.69. The average molecular weight is 217 g/mol. The van der Waals surface area contributed by atoms with Gasteiger partial charge in [-0.2, -0.15) is 0 Å². The van der Waals surface area contributed by atoms with E-state index >= 15 is 0 Å². The predicted molar refractivity (Wildman–Crippen MR) is 64.3 cm³/mol. The first-order valence-electron chi connectivity index (χ1n) is 6.26. The van der Waals surface area contributed by atoms with Crippen LogP contribution in [0.2, 0.25) is 0 Å². The molecule has 2 aliphatic rings. The summed E-state index contributed by atoms with van der Waals surface area (Å²) in [7, 11) is 0. The number of benzene rings is 1. The van der Waals surface area contributed by atoms with Gasteiger partial charge in [-0.3, -0.25) is 4.90 Å². The summed E-state index contributed by atoms with van der Waals surface area (Å²) in [4.78, 5) is 2.63. The lowest BCUT2D eigenvalue weighted by molar-refractivity contribution is 0.137. The van der Waals surface area contributed by atoms with Gasteiger partial charge in [-0.15, -0.1) is 0 Å². The third kappa shape index (κ3) is 2.00. The molecule has 0 radical (unpaired) electrons. The maximum Gasteiger partial charge on any atom is 0.0593 e. The van der Waals surface area contributed by atoms with Crippen LogP contribution in [0.1, 0.15) is 24.8 Å². The van der Waals surface area contributed by atoms with E-state index in [0.717, 1.165) is 26.3 Å². The topological polar surface area (TPSA) is 12.5 Å². The van der Waals surface area contributed by atoms with Crippen molar-refractivity contribution in [3.8, 4) is 0 Å². The SMILES string of the molecule is c1ccc(CN2CCOCCC23CC3)cc1. The summed E-state index contributed by atoms with van der Waals surface area (Å²) in [5.74, 6) is 0. The average Bonchev–Trinajstić information content (AvgIpc) is 3.12. The number of hydrogen-bond donors (Lipinski definition) is 0. The zero-order valence-corrected chi connectivity index (χ0v) is 9.69. The predicted octanol–water partition coefficient (Wildman–Crippen LogP) is 2.44. The van der Waals surface area contributed by atoms with E-state index in [4.69, 9.17) is 4.74 Å². The van der Waals surface area contributed by atoms with Crippen molar-refractivity contribution < 1.29 is 4.74 Å². The molecule has 0 amide bonds. The van der Waals surface area contributed by atoms with Gasteiger partial charge >= 0.3 is 0 Å². The van der Waals surface area contributed by atoms with E-state index in [1.165, 1.54) is 24.8 Å². The van der Waals surface area contributed by atoms with Crippen LogP contribution in [0.4, 0.5) is 0 Å². The Labute approximate surface area is 97.2 Å². The molecule has 1 saturated carbocycles. The van der Waals surface area contributed by atoms with E-state index in [1.807, 2.05) is 0 Å². The summed E-state index contributed by atoms with van der Waals surface area (Å²) in [6, 6.07) is 10.8. The lowest BCUT2D eigenvalue weighted by Crippen LogP contribution is -2.37. The summed E-state index contributed by atoms with van der Waals surface area (Å²) < 4.78 is 5.60. The Balaban J connectivity index is 1.73. The van der Waals surface area contributed by atoms with E-state index in [-0.39, 0.29) is 0 Å². The van der Waals surface area contributed by atoms with Crippen LogP contribution >= 0.6 is 0 Å². The summed E-state index contributed by atoms with van der Waals surface area (Å²) >= 11 is 0. The van der Waals surface area contributed by atoms with Crippen molar-refractivity contribution >= 4 is 0 Å². The van der Waals surface area contributed by atoms with E-state index in [9.17, 15) is 0 Å². The van der Waals surface area contributed by atoms with Gasteiger partial charge in [-0.05, 0) is 24.8 Å². The van der Waals surface area contributed by atoms with Crippen molar-refractivity contribution in [2.45, 2.75) is 31.3 Å². The molecule has 1 aromatic carbocycles. The minimum atomic E-state index is 0.492. The normalized spacial score (nSPS) is 24.2. The first-order valence-corrected chi connectivity index (χ1v) is 6.26. The Hall–Kier alpha value is -0.860. The van der Waals surface area contributed by atoms with Crippen LogP contribution in [-0.2, 0) is 11.3 Å². The summed E-state index contributed by atoms with van der Waals surface area (Å²) in [6.07, 6.45) is 3.95. The maximum absolute atomic E-state index is 5.60. The molecule has 16 heavy (non-hydrogen) atoms. The minimum Gasteiger partial charge on any atom is -0.380 e. The number of nitrogens with zero attached hydrogens (tertiary/aromatic N) is 1. The number of rotatable bonds is 2. The van der Waals surface area contributed by atoms with E-state index in [1.54, 1.807) is 0 Å². The number of ether oxygens (including phenoxy) is 1. The molecule has 1 spiro atoms. The molecule has 86 valence electrons. The van der Waals surface area contributed by atoms with Crippen molar-refractivity contribution in [3.63, 3.8) is 0 Å². The molecule has 1 aliphatic heterocycles. The molecule has 0 aromatic heterocycles. The Bertz CT molecular complexity index is 345. The summed E-state index contributed by atoms with van der Waals surface area (Å²) in [5.41, 5.74) is 1.92. The van der Waals surface area contributed by atoms with Gasteiger partial charge in [0.2, 0.25) is 0 Å². The Morgan fingerprint density at radius 1 is 1.06 bits per heavy atom. The Kier molecular flexibility index (Phi) is 2.70. The minimum absolute atomic E-state index is 0.492. The highest BCUT2D eigenvalue weighted by Crippen LogP contribution is 2.46. The van der Waals surface area contributed by atoms with E-state index in [2.05, 4.69) is 35.2 Å². The van der Waals surface area contributed by atoms with Crippen LogP contribution in [0.25, 0.3) is 0 Å². The van der Waals surface area contributed by atoms with Crippen molar-refractivity contribution in [3.05, 3.63) is 35.9 Å². The molecule has 0 atom stereocenters. The molecular weight excluding hydrogens is 198 g/mol. The van der Waals surface area contributed by atoms with Gasteiger partial charge in [0.15, 0.2) is 0 Å².